The van der Waals surface area contributed by atoms with Crippen molar-refractivity contribution in [3.05, 3.63) is 59.9 Å². The third-order valence-electron chi connectivity index (χ3n) is 3.47. The maximum absolute atomic E-state index is 12.8. The van der Waals surface area contributed by atoms with E-state index < -0.39 is 0 Å². The molecule has 0 N–H and O–H groups in total. The Hall–Kier alpha value is -2.69. The Bertz CT molecular complexity index is 679. The molecule has 2 aromatic rings. The molecule has 0 unspecified atom stereocenters. The number of hydrogen-bond acceptors (Lipinski definition) is 3. The second kappa shape index (κ2) is 5.97. The van der Waals surface area contributed by atoms with Gasteiger partial charge in [0, 0.05) is 12.8 Å². The first-order valence-corrected chi connectivity index (χ1v) is 6.96. The zero-order valence-electron chi connectivity index (χ0n) is 11.8. The monoisotopic (exact) mass is 299 g/mol. The Kier molecular flexibility index (Phi) is 3.87. The van der Waals surface area contributed by atoms with Crippen LogP contribution in [0.25, 0.3) is 0 Å². The minimum absolute atomic E-state index is 0.166. The topological polar surface area (TPSA) is 46.6 Å². The molecule has 0 aliphatic carbocycles. The molecule has 0 aromatic heterocycles. The van der Waals surface area contributed by atoms with E-state index in [4.69, 9.17) is 4.74 Å². The maximum Gasteiger partial charge on any atom is 0.234 e. The van der Waals surface area contributed by atoms with Gasteiger partial charge in [-0.15, -0.1) is 0 Å². The lowest BCUT2D eigenvalue weighted by Crippen LogP contribution is -2.28. The molecule has 0 atom stereocenters. The molecule has 0 saturated carbocycles. The first-order valence-electron chi connectivity index (χ1n) is 6.96. The summed E-state index contributed by atoms with van der Waals surface area (Å²) in [6.07, 6.45) is 0.544. The van der Waals surface area contributed by atoms with Gasteiger partial charge in [0.1, 0.15) is 18.2 Å². The summed E-state index contributed by atoms with van der Waals surface area (Å²) < 4.78 is 18.3. The van der Waals surface area contributed by atoms with Gasteiger partial charge in [-0.1, -0.05) is 12.1 Å². The zero-order chi connectivity index (χ0) is 15.5. The summed E-state index contributed by atoms with van der Waals surface area (Å²) in [5.41, 5.74) is 1.48. The molecule has 2 amide bonds. The highest BCUT2D eigenvalue weighted by Crippen LogP contribution is 2.23. The number of ether oxygens (including phenoxy) is 1. The number of carbonyl (C=O) groups is 2. The number of nitrogens with zero attached hydrogens (tertiary/aromatic N) is 1. The van der Waals surface area contributed by atoms with Gasteiger partial charge in [-0.3, -0.25) is 14.5 Å². The summed E-state index contributed by atoms with van der Waals surface area (Å²) in [5, 5.41) is 0. The summed E-state index contributed by atoms with van der Waals surface area (Å²) in [6, 6.07) is 12.9. The van der Waals surface area contributed by atoms with Crippen molar-refractivity contribution < 1.29 is 18.7 Å². The van der Waals surface area contributed by atoms with Crippen molar-refractivity contribution in [1.29, 1.82) is 0 Å². The van der Waals surface area contributed by atoms with Crippen LogP contribution < -0.4 is 9.64 Å². The van der Waals surface area contributed by atoms with Gasteiger partial charge in [0.15, 0.2) is 0 Å². The van der Waals surface area contributed by atoms with Crippen LogP contribution in [0.4, 0.5) is 10.1 Å². The molecule has 22 heavy (non-hydrogen) atoms. The van der Waals surface area contributed by atoms with Gasteiger partial charge >= 0.3 is 0 Å². The van der Waals surface area contributed by atoms with Gasteiger partial charge in [0.05, 0.1) is 5.69 Å². The molecule has 3 rings (SSSR count). The third-order valence-corrected chi connectivity index (χ3v) is 3.47. The number of amides is 2. The summed E-state index contributed by atoms with van der Waals surface area (Å²) in [6.45, 7) is 0.327. The van der Waals surface area contributed by atoms with E-state index in [-0.39, 0.29) is 30.5 Å². The largest absolute Gasteiger partial charge is 0.489 e. The van der Waals surface area contributed by atoms with Crippen molar-refractivity contribution in [3.8, 4) is 5.75 Å². The predicted octanol–water partition coefficient (Wildman–Crippen LogP) is 3.06. The standard InChI is InChI=1S/C17H14FNO3/c18-13-3-7-15(8-4-13)22-11-12-1-5-14(6-2-12)19-16(20)9-10-17(19)21/h1-8H,9-11H2. The van der Waals surface area contributed by atoms with Crippen LogP contribution in [0.1, 0.15) is 18.4 Å². The van der Waals surface area contributed by atoms with Crippen molar-refractivity contribution in [2.75, 3.05) is 4.90 Å². The van der Waals surface area contributed by atoms with Crippen LogP contribution in [0.15, 0.2) is 48.5 Å². The van der Waals surface area contributed by atoms with Crippen molar-refractivity contribution in [1.82, 2.24) is 0 Å². The van der Waals surface area contributed by atoms with Crippen molar-refractivity contribution in [2.24, 2.45) is 0 Å². The lowest BCUT2D eigenvalue weighted by atomic mass is 10.2. The van der Waals surface area contributed by atoms with Crippen LogP contribution in [0.2, 0.25) is 0 Å². The molecule has 4 nitrogen and oxygen atoms in total. The molecular formula is C17H14FNO3. The Morgan fingerprint density at radius 1 is 0.909 bits per heavy atom. The quantitative estimate of drug-likeness (QED) is 0.815. The van der Waals surface area contributed by atoms with Gasteiger partial charge in [-0.2, -0.15) is 0 Å². The molecule has 1 aliphatic heterocycles. The number of rotatable bonds is 4. The van der Waals surface area contributed by atoms with Gasteiger partial charge in [0.2, 0.25) is 11.8 Å². The smallest absolute Gasteiger partial charge is 0.234 e. The summed E-state index contributed by atoms with van der Waals surface area (Å²) in [4.78, 5) is 24.5. The maximum atomic E-state index is 12.8. The molecule has 1 heterocycles. The van der Waals surface area contributed by atoms with Gasteiger partial charge < -0.3 is 4.74 Å². The normalized spacial score (nSPS) is 14.5. The number of carbonyl (C=O) groups excluding carboxylic acids is 2. The fourth-order valence-corrected chi connectivity index (χ4v) is 2.30. The van der Waals surface area contributed by atoms with Crippen molar-refractivity contribution in [3.63, 3.8) is 0 Å². The molecule has 1 fully saturated rings. The SMILES string of the molecule is O=C1CCC(=O)N1c1ccc(COc2ccc(F)cc2)cc1. The average Bonchev–Trinajstić information content (AvgIpc) is 2.86. The molecule has 0 bridgehead atoms. The van der Waals surface area contributed by atoms with Crippen LogP contribution in [0.3, 0.4) is 0 Å². The van der Waals surface area contributed by atoms with E-state index >= 15 is 0 Å². The molecule has 5 heteroatoms. The molecule has 0 spiro atoms. The second-order valence-corrected chi connectivity index (χ2v) is 5.03. The van der Waals surface area contributed by atoms with Crippen LogP contribution in [-0.2, 0) is 16.2 Å². The summed E-state index contributed by atoms with van der Waals surface area (Å²) in [5.74, 6) is -0.0624. The lowest BCUT2D eigenvalue weighted by Gasteiger charge is -2.14. The highest BCUT2D eigenvalue weighted by atomic mass is 19.1. The second-order valence-electron chi connectivity index (χ2n) is 5.03. The van der Waals surface area contributed by atoms with Gasteiger partial charge in [-0.05, 0) is 42.0 Å². The number of anilines is 1. The van der Waals surface area contributed by atoms with E-state index in [0.717, 1.165) is 5.56 Å². The zero-order valence-corrected chi connectivity index (χ0v) is 11.8. The first kappa shape index (κ1) is 14.3. The molecular weight excluding hydrogens is 285 g/mol. The van der Waals surface area contributed by atoms with Gasteiger partial charge in [0.25, 0.3) is 0 Å². The highest BCUT2D eigenvalue weighted by Gasteiger charge is 2.29. The first-order chi connectivity index (χ1) is 10.6. The van der Waals surface area contributed by atoms with Crippen LogP contribution in [0.5, 0.6) is 5.75 Å². The molecule has 1 aliphatic rings. The molecule has 112 valence electrons. The van der Waals surface area contributed by atoms with Crippen LogP contribution >= 0.6 is 0 Å². The Labute approximate surface area is 127 Å². The predicted molar refractivity (Wildman–Crippen MR) is 78.9 cm³/mol. The number of hydrogen-bond donors (Lipinski definition) is 0. The number of benzene rings is 2. The fourth-order valence-electron chi connectivity index (χ4n) is 2.30. The Morgan fingerprint density at radius 3 is 2.09 bits per heavy atom. The molecule has 1 saturated heterocycles. The van der Waals surface area contributed by atoms with Gasteiger partial charge in [-0.25, -0.2) is 4.39 Å². The van der Waals surface area contributed by atoms with Crippen LogP contribution in [0, 0.1) is 5.82 Å². The summed E-state index contributed by atoms with van der Waals surface area (Å²) in [7, 11) is 0. The van der Waals surface area contributed by atoms with E-state index in [0.29, 0.717) is 18.0 Å². The number of halogens is 1. The van der Waals surface area contributed by atoms with E-state index in [2.05, 4.69) is 0 Å². The minimum Gasteiger partial charge on any atom is -0.489 e. The highest BCUT2D eigenvalue weighted by molar-refractivity contribution is 6.19. The van der Waals surface area contributed by atoms with E-state index in [9.17, 15) is 14.0 Å². The lowest BCUT2D eigenvalue weighted by molar-refractivity contribution is -0.121. The summed E-state index contributed by atoms with van der Waals surface area (Å²) >= 11 is 0. The van der Waals surface area contributed by atoms with E-state index in [1.54, 1.807) is 36.4 Å². The third kappa shape index (κ3) is 2.98. The van der Waals surface area contributed by atoms with Crippen molar-refractivity contribution >= 4 is 17.5 Å². The van der Waals surface area contributed by atoms with Crippen LogP contribution in [-0.4, -0.2) is 11.8 Å². The Morgan fingerprint density at radius 2 is 1.50 bits per heavy atom. The molecule has 0 radical (unpaired) electrons. The fraction of sp³-hybridized carbons (Fsp3) is 0.176. The minimum atomic E-state index is -0.309. The number of imide groups is 1. The van der Waals surface area contributed by atoms with Crippen molar-refractivity contribution in [2.45, 2.75) is 19.4 Å². The molecule has 2 aromatic carbocycles. The van der Waals surface area contributed by atoms with E-state index in [1.807, 2.05) is 0 Å². The average molecular weight is 299 g/mol. The Balaban J connectivity index is 1.65. The van der Waals surface area contributed by atoms with E-state index in [1.165, 1.54) is 17.0 Å².